The van der Waals surface area contributed by atoms with E-state index in [0.29, 0.717) is 0 Å². The van der Waals surface area contributed by atoms with Crippen molar-refractivity contribution in [1.29, 1.82) is 0 Å². The normalized spacial score (nSPS) is 15.7. The number of anilines is 1. The van der Waals surface area contributed by atoms with Crippen LogP contribution in [0.1, 0.15) is 6.92 Å². The van der Waals surface area contributed by atoms with Crippen molar-refractivity contribution in [2.75, 3.05) is 31.1 Å². The van der Waals surface area contributed by atoms with E-state index >= 15 is 0 Å². The third-order valence-electron chi connectivity index (χ3n) is 3.98. The van der Waals surface area contributed by atoms with Gasteiger partial charge in [-0.25, -0.2) is 4.98 Å². The minimum Gasteiger partial charge on any atom is -0.367 e. The van der Waals surface area contributed by atoms with Crippen molar-refractivity contribution in [3.8, 4) is 0 Å². The van der Waals surface area contributed by atoms with Crippen molar-refractivity contribution in [1.82, 2.24) is 4.90 Å². The van der Waals surface area contributed by atoms with Gasteiger partial charge in [0.2, 0.25) is 11.4 Å². The SMILES string of the molecule is C/C=C/C(=O)N1CCN(c2cc[nH+]c3cc(Cl)ccc23)CC1. The van der Waals surface area contributed by atoms with E-state index in [4.69, 9.17) is 11.6 Å². The Morgan fingerprint density at radius 3 is 2.73 bits per heavy atom. The van der Waals surface area contributed by atoms with Gasteiger partial charge in [-0.3, -0.25) is 4.79 Å². The monoisotopic (exact) mass is 316 g/mol. The summed E-state index contributed by atoms with van der Waals surface area (Å²) in [4.78, 5) is 19.3. The van der Waals surface area contributed by atoms with Crippen molar-refractivity contribution in [3.05, 3.63) is 47.6 Å². The van der Waals surface area contributed by atoms with Gasteiger partial charge < -0.3 is 9.80 Å². The summed E-state index contributed by atoms with van der Waals surface area (Å²) in [5, 5.41) is 1.88. The number of benzene rings is 1. The molecule has 1 aliphatic rings. The molecule has 1 fully saturated rings. The zero-order valence-electron chi connectivity index (χ0n) is 12.6. The van der Waals surface area contributed by atoms with E-state index in [1.807, 2.05) is 36.2 Å². The number of allylic oxidation sites excluding steroid dienone is 1. The number of nitrogens with one attached hydrogen (secondary N) is 1. The molecule has 2 aromatic rings. The van der Waals surface area contributed by atoms with E-state index < -0.39 is 0 Å². The summed E-state index contributed by atoms with van der Waals surface area (Å²) >= 11 is 6.06. The molecule has 22 heavy (non-hydrogen) atoms. The molecule has 1 saturated heterocycles. The number of hydrogen-bond donors (Lipinski definition) is 0. The molecular formula is C17H19ClN3O+. The van der Waals surface area contributed by atoms with Crippen LogP contribution >= 0.6 is 11.6 Å². The van der Waals surface area contributed by atoms with E-state index in [0.717, 1.165) is 42.1 Å². The lowest BCUT2D eigenvalue weighted by Crippen LogP contribution is -2.48. The van der Waals surface area contributed by atoms with Gasteiger partial charge >= 0.3 is 0 Å². The summed E-state index contributed by atoms with van der Waals surface area (Å²) in [6, 6.07) is 7.97. The second-order valence-electron chi connectivity index (χ2n) is 5.37. The smallest absolute Gasteiger partial charge is 0.246 e. The van der Waals surface area contributed by atoms with Gasteiger partial charge in [-0.1, -0.05) is 17.7 Å². The quantitative estimate of drug-likeness (QED) is 0.799. The average Bonchev–Trinajstić information content (AvgIpc) is 2.54. The Bertz CT molecular complexity index is 721. The Morgan fingerprint density at radius 2 is 2.00 bits per heavy atom. The number of carbonyl (C=O) groups is 1. The number of pyridine rings is 1. The van der Waals surface area contributed by atoms with Crippen LogP contribution in [-0.2, 0) is 4.79 Å². The van der Waals surface area contributed by atoms with Gasteiger partial charge in [0.25, 0.3) is 0 Å². The summed E-state index contributed by atoms with van der Waals surface area (Å²) in [6.45, 7) is 5.04. The molecule has 0 spiro atoms. The van der Waals surface area contributed by atoms with Gasteiger partial charge in [0.05, 0.1) is 11.1 Å². The van der Waals surface area contributed by atoms with Crippen LogP contribution in [0.5, 0.6) is 0 Å². The molecule has 0 aliphatic carbocycles. The van der Waals surface area contributed by atoms with Crippen LogP contribution in [-0.4, -0.2) is 37.0 Å². The van der Waals surface area contributed by atoms with E-state index in [1.54, 1.807) is 12.2 Å². The van der Waals surface area contributed by atoms with Gasteiger partial charge in [-0.15, -0.1) is 0 Å². The number of nitrogens with zero attached hydrogens (tertiary/aromatic N) is 2. The number of rotatable bonds is 2. The van der Waals surface area contributed by atoms with Gasteiger partial charge in [0, 0.05) is 43.3 Å². The highest BCUT2D eigenvalue weighted by molar-refractivity contribution is 6.31. The van der Waals surface area contributed by atoms with Gasteiger partial charge in [0.15, 0.2) is 6.20 Å². The number of fused-ring (bicyclic) bond motifs is 1. The number of halogens is 1. The number of piperazine rings is 1. The van der Waals surface area contributed by atoms with Gasteiger partial charge in [-0.2, -0.15) is 0 Å². The summed E-state index contributed by atoms with van der Waals surface area (Å²) < 4.78 is 0. The molecule has 0 saturated carbocycles. The van der Waals surface area contributed by atoms with E-state index in [2.05, 4.69) is 16.0 Å². The fraction of sp³-hybridized carbons (Fsp3) is 0.294. The van der Waals surface area contributed by atoms with Gasteiger partial charge in [0.1, 0.15) is 0 Å². The summed E-state index contributed by atoms with van der Waals surface area (Å²) in [5.41, 5.74) is 2.21. The van der Waals surface area contributed by atoms with E-state index in [9.17, 15) is 4.79 Å². The Labute approximate surface area is 135 Å². The molecule has 0 atom stereocenters. The molecule has 0 unspecified atom stereocenters. The van der Waals surface area contributed by atoms with Crippen LogP contribution in [0.15, 0.2) is 42.6 Å². The highest BCUT2D eigenvalue weighted by Gasteiger charge is 2.21. The van der Waals surface area contributed by atoms with Crippen molar-refractivity contribution >= 4 is 34.1 Å². The molecule has 3 rings (SSSR count). The average molecular weight is 317 g/mol. The minimum absolute atomic E-state index is 0.0974. The molecule has 0 radical (unpaired) electrons. The van der Waals surface area contributed by atoms with Crippen molar-refractivity contribution < 1.29 is 9.78 Å². The molecular weight excluding hydrogens is 298 g/mol. The largest absolute Gasteiger partial charge is 0.367 e. The summed E-state index contributed by atoms with van der Waals surface area (Å²) in [7, 11) is 0. The number of aromatic amines is 1. The Kier molecular flexibility index (Phi) is 4.29. The lowest BCUT2D eigenvalue weighted by Gasteiger charge is -2.35. The molecule has 114 valence electrons. The first-order valence-corrected chi connectivity index (χ1v) is 7.83. The van der Waals surface area contributed by atoms with Crippen LogP contribution in [0.3, 0.4) is 0 Å². The number of hydrogen-bond acceptors (Lipinski definition) is 2. The maximum absolute atomic E-state index is 11.9. The van der Waals surface area contributed by atoms with E-state index in [1.165, 1.54) is 5.69 Å². The fourth-order valence-electron chi connectivity index (χ4n) is 2.85. The van der Waals surface area contributed by atoms with Crippen LogP contribution < -0.4 is 9.88 Å². The Balaban J connectivity index is 1.81. The molecule has 4 nitrogen and oxygen atoms in total. The molecule has 1 aliphatic heterocycles. The van der Waals surface area contributed by atoms with Crippen molar-refractivity contribution in [3.63, 3.8) is 0 Å². The predicted octanol–water partition coefficient (Wildman–Crippen LogP) is 2.53. The highest BCUT2D eigenvalue weighted by Crippen LogP contribution is 2.26. The first-order chi connectivity index (χ1) is 10.7. The molecule has 1 N–H and O–H groups in total. The first kappa shape index (κ1) is 14.9. The maximum Gasteiger partial charge on any atom is 0.246 e. The zero-order valence-corrected chi connectivity index (χ0v) is 13.3. The van der Waals surface area contributed by atoms with E-state index in [-0.39, 0.29) is 5.91 Å². The third-order valence-corrected chi connectivity index (χ3v) is 4.21. The third kappa shape index (κ3) is 2.92. The lowest BCUT2D eigenvalue weighted by atomic mass is 10.1. The van der Waals surface area contributed by atoms with Crippen molar-refractivity contribution in [2.24, 2.45) is 0 Å². The highest BCUT2D eigenvalue weighted by atomic mass is 35.5. The lowest BCUT2D eigenvalue weighted by molar-refractivity contribution is -0.344. The van der Waals surface area contributed by atoms with Crippen LogP contribution in [0.25, 0.3) is 10.9 Å². The van der Waals surface area contributed by atoms with Crippen LogP contribution in [0, 0.1) is 0 Å². The fourth-order valence-corrected chi connectivity index (χ4v) is 3.02. The second-order valence-corrected chi connectivity index (χ2v) is 5.80. The predicted molar refractivity (Wildman–Crippen MR) is 89.1 cm³/mol. The number of amides is 1. The minimum atomic E-state index is 0.0974. The number of H-pyrrole nitrogens is 1. The molecule has 1 aromatic carbocycles. The number of carbonyl (C=O) groups excluding carboxylic acids is 1. The Hall–Kier alpha value is -2.07. The molecule has 1 amide bonds. The molecule has 1 aromatic heterocycles. The zero-order chi connectivity index (χ0) is 15.5. The maximum atomic E-state index is 11.9. The van der Waals surface area contributed by atoms with Crippen LogP contribution in [0.2, 0.25) is 5.02 Å². The standard InChI is InChI=1S/C17H18ClN3O/c1-2-3-17(22)21-10-8-20(9-11-21)16-6-7-19-15-12-13(18)4-5-14(15)16/h2-7,12H,8-11H2,1H3/p+1/b3-2+. The number of aromatic nitrogens is 1. The summed E-state index contributed by atoms with van der Waals surface area (Å²) in [5.74, 6) is 0.0974. The van der Waals surface area contributed by atoms with Crippen molar-refractivity contribution in [2.45, 2.75) is 6.92 Å². The summed E-state index contributed by atoms with van der Waals surface area (Å²) in [6.07, 6.45) is 5.36. The molecule has 2 heterocycles. The molecule has 0 bridgehead atoms. The first-order valence-electron chi connectivity index (χ1n) is 7.45. The topological polar surface area (TPSA) is 37.7 Å². The molecule has 5 heteroatoms. The van der Waals surface area contributed by atoms with Gasteiger partial charge in [-0.05, 0) is 25.1 Å². The second kappa shape index (κ2) is 6.36. The Morgan fingerprint density at radius 1 is 1.23 bits per heavy atom. The van der Waals surface area contributed by atoms with Crippen LogP contribution in [0.4, 0.5) is 5.69 Å².